The van der Waals surface area contributed by atoms with Gasteiger partial charge in [-0.15, -0.1) is 0 Å². The molecule has 0 spiro atoms. The molecule has 2 rings (SSSR count). The van der Waals surface area contributed by atoms with Crippen molar-refractivity contribution in [3.05, 3.63) is 29.8 Å². The zero-order valence-electron chi connectivity index (χ0n) is 11.1. The van der Waals surface area contributed by atoms with E-state index < -0.39 is 0 Å². The predicted octanol–water partition coefficient (Wildman–Crippen LogP) is 2.34. The molecule has 0 radical (unpaired) electrons. The quantitative estimate of drug-likeness (QED) is 0.896. The van der Waals surface area contributed by atoms with Crippen LogP contribution in [0.4, 0.5) is 4.39 Å². The summed E-state index contributed by atoms with van der Waals surface area (Å²) in [6.07, 6.45) is 3.43. The molecule has 3 atom stereocenters. The maximum atomic E-state index is 12.9. The highest BCUT2D eigenvalue weighted by Crippen LogP contribution is 2.26. The lowest BCUT2D eigenvalue weighted by Gasteiger charge is -2.39. The lowest BCUT2D eigenvalue weighted by Crippen LogP contribution is -2.47. The molecular formula is C14H22FN3. The van der Waals surface area contributed by atoms with Crippen molar-refractivity contribution in [3.8, 4) is 0 Å². The molecule has 0 aliphatic carbocycles. The Morgan fingerprint density at radius 2 is 2.33 bits per heavy atom. The second kappa shape index (κ2) is 5.76. The third-order valence-electron chi connectivity index (χ3n) is 4.07. The summed E-state index contributed by atoms with van der Waals surface area (Å²) in [4.78, 5) is 6.58. The van der Waals surface area contributed by atoms with Crippen LogP contribution in [0.3, 0.4) is 0 Å². The summed E-state index contributed by atoms with van der Waals surface area (Å²) in [5, 5.41) is 0. The van der Waals surface area contributed by atoms with Gasteiger partial charge in [0.25, 0.3) is 0 Å². The Morgan fingerprint density at radius 3 is 2.94 bits per heavy atom. The Bertz CT molecular complexity index is 379. The van der Waals surface area contributed by atoms with Gasteiger partial charge >= 0.3 is 0 Å². The van der Waals surface area contributed by atoms with Crippen LogP contribution in [0.1, 0.15) is 38.4 Å². The number of pyridine rings is 1. The summed E-state index contributed by atoms with van der Waals surface area (Å²) in [5.74, 6) is 0.277. The molecule has 18 heavy (non-hydrogen) atoms. The van der Waals surface area contributed by atoms with E-state index in [4.69, 9.17) is 5.73 Å². The lowest BCUT2D eigenvalue weighted by molar-refractivity contribution is 0.112. The minimum atomic E-state index is -0.280. The topological polar surface area (TPSA) is 42.2 Å². The number of nitrogens with zero attached hydrogens (tertiary/aromatic N) is 2. The van der Waals surface area contributed by atoms with E-state index in [-0.39, 0.29) is 11.9 Å². The summed E-state index contributed by atoms with van der Waals surface area (Å²) in [6.45, 7) is 6.33. The van der Waals surface area contributed by atoms with Crippen LogP contribution < -0.4 is 5.73 Å². The number of rotatable bonds is 3. The molecule has 1 aromatic rings. The number of aromatic nitrogens is 1. The number of likely N-dealkylation sites (tertiary alicyclic amines) is 1. The van der Waals surface area contributed by atoms with Crippen molar-refractivity contribution in [1.29, 1.82) is 0 Å². The van der Waals surface area contributed by atoms with Crippen LogP contribution in [0.25, 0.3) is 0 Å². The molecule has 3 unspecified atom stereocenters. The zero-order valence-corrected chi connectivity index (χ0v) is 11.1. The van der Waals surface area contributed by atoms with Gasteiger partial charge in [-0.3, -0.25) is 9.88 Å². The minimum absolute atomic E-state index is 0.229. The Labute approximate surface area is 108 Å². The predicted molar refractivity (Wildman–Crippen MR) is 70.6 cm³/mol. The van der Waals surface area contributed by atoms with E-state index in [0.717, 1.165) is 31.6 Å². The number of hydrogen-bond donors (Lipinski definition) is 1. The molecule has 1 aliphatic rings. The third kappa shape index (κ3) is 2.87. The van der Waals surface area contributed by atoms with Gasteiger partial charge in [0.2, 0.25) is 0 Å². The minimum Gasteiger partial charge on any atom is -0.327 e. The monoisotopic (exact) mass is 251 g/mol. The first-order valence-electron chi connectivity index (χ1n) is 6.73. The fourth-order valence-corrected chi connectivity index (χ4v) is 2.68. The summed E-state index contributed by atoms with van der Waals surface area (Å²) >= 11 is 0. The molecular weight excluding hydrogens is 229 g/mol. The number of nitrogens with two attached hydrogens (primary N) is 1. The Hall–Kier alpha value is -1.00. The first kappa shape index (κ1) is 13.4. The second-order valence-corrected chi connectivity index (χ2v) is 5.19. The molecule has 1 aliphatic heterocycles. The van der Waals surface area contributed by atoms with E-state index in [1.165, 1.54) is 12.3 Å². The first-order chi connectivity index (χ1) is 8.61. The summed E-state index contributed by atoms with van der Waals surface area (Å²) in [6, 6.07) is 3.80. The lowest BCUT2D eigenvalue weighted by atomic mass is 9.89. The molecule has 3 nitrogen and oxygen atoms in total. The normalized spacial score (nSPS) is 27.1. The van der Waals surface area contributed by atoms with E-state index >= 15 is 0 Å². The summed E-state index contributed by atoms with van der Waals surface area (Å²) in [5.41, 5.74) is 7.05. The standard InChI is InChI=1S/C14H22FN3/c1-3-11-9-18(7-6-13(11)16)10(2)14-5-4-12(15)8-17-14/h4-5,8,10-11,13H,3,6-7,9,16H2,1-2H3. The van der Waals surface area contributed by atoms with E-state index in [2.05, 4.69) is 23.7 Å². The van der Waals surface area contributed by atoms with E-state index in [1.807, 2.05) is 0 Å². The average molecular weight is 251 g/mol. The largest absolute Gasteiger partial charge is 0.327 e. The van der Waals surface area contributed by atoms with Gasteiger partial charge < -0.3 is 5.73 Å². The number of piperidine rings is 1. The van der Waals surface area contributed by atoms with Gasteiger partial charge in [-0.1, -0.05) is 13.3 Å². The number of halogens is 1. The maximum absolute atomic E-state index is 12.9. The van der Waals surface area contributed by atoms with Crippen LogP contribution in [0.2, 0.25) is 0 Å². The smallest absolute Gasteiger partial charge is 0.141 e. The van der Waals surface area contributed by atoms with E-state index in [1.54, 1.807) is 6.07 Å². The van der Waals surface area contributed by atoms with Crippen LogP contribution in [-0.4, -0.2) is 29.0 Å². The van der Waals surface area contributed by atoms with Gasteiger partial charge in [-0.2, -0.15) is 0 Å². The molecule has 0 amide bonds. The molecule has 0 saturated carbocycles. The van der Waals surface area contributed by atoms with Crippen molar-refractivity contribution < 1.29 is 4.39 Å². The molecule has 4 heteroatoms. The van der Waals surface area contributed by atoms with Crippen molar-refractivity contribution in [3.63, 3.8) is 0 Å². The van der Waals surface area contributed by atoms with Crippen LogP contribution >= 0.6 is 0 Å². The fraction of sp³-hybridized carbons (Fsp3) is 0.643. The molecule has 1 aromatic heterocycles. The van der Waals surface area contributed by atoms with E-state index in [9.17, 15) is 4.39 Å². The number of hydrogen-bond acceptors (Lipinski definition) is 3. The van der Waals surface area contributed by atoms with Crippen LogP contribution in [0, 0.1) is 11.7 Å². The fourth-order valence-electron chi connectivity index (χ4n) is 2.68. The average Bonchev–Trinajstić information content (AvgIpc) is 2.39. The van der Waals surface area contributed by atoms with Crippen LogP contribution in [-0.2, 0) is 0 Å². The molecule has 0 aromatic carbocycles. The molecule has 100 valence electrons. The van der Waals surface area contributed by atoms with E-state index in [0.29, 0.717) is 12.0 Å². The highest BCUT2D eigenvalue weighted by atomic mass is 19.1. The summed E-state index contributed by atoms with van der Waals surface area (Å²) < 4.78 is 12.9. The van der Waals surface area contributed by atoms with Crippen LogP contribution in [0.15, 0.2) is 18.3 Å². The zero-order chi connectivity index (χ0) is 13.1. The Kier molecular flexibility index (Phi) is 4.30. The summed E-state index contributed by atoms with van der Waals surface area (Å²) in [7, 11) is 0. The van der Waals surface area contributed by atoms with Crippen LogP contribution in [0.5, 0.6) is 0 Å². The highest BCUT2D eigenvalue weighted by molar-refractivity contribution is 5.09. The first-order valence-corrected chi connectivity index (χ1v) is 6.73. The molecule has 1 saturated heterocycles. The van der Waals surface area contributed by atoms with Crippen molar-refractivity contribution in [2.45, 2.75) is 38.8 Å². The SMILES string of the molecule is CCC1CN(C(C)c2ccc(F)cn2)CCC1N. The molecule has 2 N–H and O–H groups in total. The molecule has 2 heterocycles. The van der Waals surface area contributed by atoms with Gasteiger partial charge in [0, 0.05) is 25.2 Å². The van der Waals surface area contributed by atoms with Gasteiger partial charge in [0.15, 0.2) is 0 Å². The third-order valence-corrected chi connectivity index (χ3v) is 4.07. The van der Waals surface area contributed by atoms with Gasteiger partial charge in [-0.25, -0.2) is 4.39 Å². The van der Waals surface area contributed by atoms with Crippen molar-refractivity contribution >= 4 is 0 Å². The maximum Gasteiger partial charge on any atom is 0.141 e. The second-order valence-electron chi connectivity index (χ2n) is 5.19. The van der Waals surface area contributed by atoms with Gasteiger partial charge in [0.1, 0.15) is 5.82 Å². The van der Waals surface area contributed by atoms with Gasteiger partial charge in [0.05, 0.1) is 11.9 Å². The van der Waals surface area contributed by atoms with Gasteiger partial charge in [-0.05, 0) is 31.4 Å². The van der Waals surface area contributed by atoms with Crippen molar-refractivity contribution in [2.75, 3.05) is 13.1 Å². The van der Waals surface area contributed by atoms with Crippen molar-refractivity contribution in [2.24, 2.45) is 11.7 Å². The highest BCUT2D eigenvalue weighted by Gasteiger charge is 2.28. The molecule has 1 fully saturated rings. The Morgan fingerprint density at radius 1 is 1.56 bits per heavy atom. The Balaban J connectivity index is 2.05. The van der Waals surface area contributed by atoms with Crippen molar-refractivity contribution in [1.82, 2.24) is 9.88 Å². The molecule has 0 bridgehead atoms.